The zero-order valence-corrected chi connectivity index (χ0v) is 16.1. The minimum absolute atomic E-state index is 0.0390. The first-order chi connectivity index (χ1) is 12.4. The number of carbonyl (C=O) groups excluding carboxylic acids is 2. The van der Waals surface area contributed by atoms with E-state index in [1.165, 1.54) is 10.4 Å². The molecule has 136 valence electrons. The predicted molar refractivity (Wildman–Crippen MR) is 105 cm³/mol. The molecular weight excluding hydrogens is 346 g/mol. The molecule has 1 atom stereocenters. The van der Waals surface area contributed by atoms with Gasteiger partial charge in [-0.05, 0) is 56.3 Å². The summed E-state index contributed by atoms with van der Waals surface area (Å²) in [5.74, 6) is -0.195. The number of para-hydroxylation sites is 2. The molecule has 0 radical (unpaired) electrons. The molecule has 2 aromatic rings. The third kappa shape index (κ3) is 2.64. The molecule has 1 N–H and O–H groups in total. The molecule has 0 aliphatic carbocycles. The highest BCUT2D eigenvalue weighted by atomic mass is 32.1. The Morgan fingerprint density at radius 2 is 2.08 bits per heavy atom. The van der Waals surface area contributed by atoms with Gasteiger partial charge in [-0.3, -0.25) is 19.4 Å². The second kappa shape index (κ2) is 6.21. The van der Waals surface area contributed by atoms with E-state index < -0.39 is 5.54 Å². The van der Waals surface area contributed by atoms with E-state index in [4.69, 9.17) is 0 Å². The first kappa shape index (κ1) is 17.2. The molecule has 2 amide bonds. The third-order valence-corrected chi connectivity index (χ3v) is 6.50. The predicted octanol–water partition coefficient (Wildman–Crippen LogP) is 3.43. The summed E-state index contributed by atoms with van der Waals surface area (Å²) in [6.07, 6.45) is 0.977. The lowest BCUT2D eigenvalue weighted by Gasteiger charge is -2.43. The van der Waals surface area contributed by atoms with Gasteiger partial charge < -0.3 is 5.32 Å². The number of hydrogen-bond donors (Lipinski definition) is 1. The van der Waals surface area contributed by atoms with Crippen LogP contribution in [0.3, 0.4) is 0 Å². The molecule has 4 rings (SSSR count). The molecule has 2 aliphatic rings. The monoisotopic (exact) mass is 369 g/mol. The normalized spacial score (nSPS) is 21.7. The Morgan fingerprint density at radius 1 is 1.31 bits per heavy atom. The molecule has 0 saturated carbocycles. The van der Waals surface area contributed by atoms with Gasteiger partial charge in [0.05, 0.1) is 17.9 Å². The van der Waals surface area contributed by atoms with E-state index in [2.05, 4.69) is 28.6 Å². The Morgan fingerprint density at radius 3 is 2.88 bits per heavy atom. The van der Waals surface area contributed by atoms with Crippen LogP contribution in [0.2, 0.25) is 0 Å². The molecule has 0 bridgehead atoms. The van der Waals surface area contributed by atoms with Crippen molar-refractivity contribution in [2.24, 2.45) is 0 Å². The molecule has 1 aromatic carbocycles. The maximum atomic E-state index is 13.3. The van der Waals surface area contributed by atoms with Crippen LogP contribution in [0, 0.1) is 0 Å². The number of nitrogens with zero attached hydrogens (tertiary/aromatic N) is 2. The number of carbonyl (C=O) groups is 2. The largest absolute Gasteiger partial charge is 0.322 e. The van der Waals surface area contributed by atoms with Gasteiger partial charge in [-0.2, -0.15) is 0 Å². The Hall–Kier alpha value is -2.18. The van der Waals surface area contributed by atoms with Gasteiger partial charge in [0, 0.05) is 17.5 Å². The average Bonchev–Trinajstić information content (AvgIpc) is 3.07. The summed E-state index contributed by atoms with van der Waals surface area (Å²) in [6.45, 7) is 6.92. The van der Waals surface area contributed by atoms with Crippen LogP contribution in [0.1, 0.15) is 37.3 Å². The van der Waals surface area contributed by atoms with Crippen LogP contribution < -0.4 is 10.2 Å². The van der Waals surface area contributed by atoms with Gasteiger partial charge in [-0.15, -0.1) is 11.3 Å². The topological polar surface area (TPSA) is 52.7 Å². The maximum Gasteiger partial charge on any atom is 0.250 e. The second-order valence-corrected chi connectivity index (χ2v) is 8.46. The van der Waals surface area contributed by atoms with Gasteiger partial charge in [-0.25, -0.2) is 0 Å². The van der Waals surface area contributed by atoms with Crippen LogP contribution in [0.4, 0.5) is 11.4 Å². The Balaban J connectivity index is 1.62. The number of nitrogens with one attached hydrogen (secondary N) is 1. The minimum Gasteiger partial charge on any atom is -0.322 e. The van der Waals surface area contributed by atoms with Crippen LogP contribution in [-0.4, -0.2) is 35.3 Å². The third-order valence-electron chi connectivity index (χ3n) is 5.50. The van der Waals surface area contributed by atoms with E-state index >= 15 is 0 Å². The van der Waals surface area contributed by atoms with Crippen molar-refractivity contribution in [1.29, 1.82) is 0 Å². The summed E-state index contributed by atoms with van der Waals surface area (Å²) < 4.78 is 0. The smallest absolute Gasteiger partial charge is 0.250 e. The molecule has 2 aliphatic heterocycles. The summed E-state index contributed by atoms with van der Waals surface area (Å²) in [4.78, 5) is 31.1. The highest BCUT2D eigenvalue weighted by Crippen LogP contribution is 2.38. The van der Waals surface area contributed by atoms with Gasteiger partial charge in [0.15, 0.2) is 0 Å². The highest BCUT2D eigenvalue weighted by molar-refractivity contribution is 7.10. The summed E-state index contributed by atoms with van der Waals surface area (Å²) in [5.41, 5.74) is 1.86. The molecular formula is C20H23N3O2S. The lowest BCUT2D eigenvalue weighted by Crippen LogP contribution is -2.60. The van der Waals surface area contributed by atoms with Crippen molar-refractivity contribution in [3.8, 4) is 0 Å². The van der Waals surface area contributed by atoms with Crippen molar-refractivity contribution < 1.29 is 9.59 Å². The summed E-state index contributed by atoms with van der Waals surface area (Å²) in [6, 6.07) is 9.87. The molecule has 26 heavy (non-hydrogen) atoms. The van der Waals surface area contributed by atoms with Crippen LogP contribution in [0.5, 0.6) is 0 Å². The number of fused-ring (bicyclic) bond motifs is 2. The van der Waals surface area contributed by atoms with Crippen LogP contribution >= 0.6 is 11.3 Å². The number of rotatable bonds is 2. The van der Waals surface area contributed by atoms with E-state index in [0.717, 1.165) is 18.7 Å². The summed E-state index contributed by atoms with van der Waals surface area (Å²) >= 11 is 1.79. The number of amides is 2. The van der Waals surface area contributed by atoms with E-state index in [9.17, 15) is 9.59 Å². The van der Waals surface area contributed by atoms with Crippen LogP contribution in [0.15, 0.2) is 35.7 Å². The molecule has 0 saturated heterocycles. The molecule has 3 heterocycles. The van der Waals surface area contributed by atoms with Crippen molar-refractivity contribution in [2.75, 3.05) is 23.3 Å². The summed E-state index contributed by atoms with van der Waals surface area (Å²) in [7, 11) is 0. The van der Waals surface area contributed by atoms with Gasteiger partial charge in [0.25, 0.3) is 0 Å². The zero-order valence-electron chi connectivity index (χ0n) is 15.3. The molecule has 1 aromatic heterocycles. The molecule has 6 heteroatoms. The van der Waals surface area contributed by atoms with Crippen molar-refractivity contribution in [3.63, 3.8) is 0 Å². The zero-order chi connectivity index (χ0) is 18.5. The highest BCUT2D eigenvalue weighted by Gasteiger charge is 2.44. The summed E-state index contributed by atoms with van der Waals surface area (Å²) in [5, 5.41) is 5.04. The molecule has 0 fully saturated rings. The lowest BCUT2D eigenvalue weighted by atomic mass is 9.95. The van der Waals surface area contributed by atoms with Crippen LogP contribution in [0.25, 0.3) is 0 Å². The van der Waals surface area contributed by atoms with Gasteiger partial charge in [0.2, 0.25) is 11.8 Å². The van der Waals surface area contributed by atoms with Crippen molar-refractivity contribution in [2.45, 2.75) is 38.8 Å². The van der Waals surface area contributed by atoms with Gasteiger partial charge in [-0.1, -0.05) is 12.1 Å². The standard InChI is InChI=1S/C20H23N3O2S/c1-13-14-9-11-26-17(14)8-10-22(13)12-18(24)23-16-7-5-4-6-15(16)21-19(25)20(23,2)3/h4-7,9,11,13H,8,10,12H2,1-3H3,(H,21,25)/t13-/m0/s1. The number of benzene rings is 1. The number of hydrogen-bond acceptors (Lipinski definition) is 4. The minimum atomic E-state index is -0.919. The Bertz CT molecular complexity index is 873. The first-order valence-corrected chi connectivity index (χ1v) is 9.81. The molecule has 0 unspecified atom stereocenters. The van der Waals surface area contributed by atoms with Gasteiger partial charge in [0.1, 0.15) is 5.54 Å². The van der Waals surface area contributed by atoms with Crippen molar-refractivity contribution in [3.05, 3.63) is 46.2 Å². The first-order valence-electron chi connectivity index (χ1n) is 8.93. The quantitative estimate of drug-likeness (QED) is 0.882. The van der Waals surface area contributed by atoms with Crippen molar-refractivity contribution in [1.82, 2.24) is 4.90 Å². The fourth-order valence-corrected chi connectivity index (χ4v) is 4.88. The SMILES string of the molecule is C[C@H]1c2ccsc2CCN1CC(=O)N1c2ccccc2NC(=O)C1(C)C. The fraction of sp³-hybridized carbons (Fsp3) is 0.400. The van der Waals surface area contributed by atoms with E-state index in [1.807, 2.05) is 24.3 Å². The average molecular weight is 369 g/mol. The number of thiophene rings is 1. The van der Waals surface area contributed by atoms with E-state index in [0.29, 0.717) is 12.2 Å². The number of anilines is 2. The van der Waals surface area contributed by atoms with E-state index in [1.54, 1.807) is 30.1 Å². The second-order valence-electron chi connectivity index (χ2n) is 7.46. The maximum absolute atomic E-state index is 13.3. The van der Waals surface area contributed by atoms with Crippen molar-refractivity contribution >= 4 is 34.5 Å². The van der Waals surface area contributed by atoms with Gasteiger partial charge >= 0.3 is 0 Å². The van der Waals surface area contributed by atoms with E-state index in [-0.39, 0.29) is 17.9 Å². The Kier molecular flexibility index (Phi) is 4.12. The lowest BCUT2D eigenvalue weighted by molar-refractivity contribution is -0.127. The van der Waals surface area contributed by atoms with Crippen LogP contribution in [-0.2, 0) is 16.0 Å². The molecule has 5 nitrogen and oxygen atoms in total. The molecule has 0 spiro atoms. The Labute approximate surface area is 157 Å². The fourth-order valence-electron chi connectivity index (χ4n) is 3.92.